The number of carboxylic acids is 1. The highest BCUT2D eigenvalue weighted by atomic mass is 16.4. The summed E-state index contributed by atoms with van der Waals surface area (Å²) in [6, 6.07) is 0.296. The minimum Gasteiger partial charge on any atom is -0.476 e. The highest BCUT2D eigenvalue weighted by Crippen LogP contribution is 2.41. The van der Waals surface area contributed by atoms with Crippen LogP contribution in [0.25, 0.3) is 0 Å². The molecule has 0 radical (unpaired) electrons. The molecule has 2 fully saturated rings. The maximum atomic E-state index is 11.7. The van der Waals surface area contributed by atoms with Gasteiger partial charge in [0.05, 0.1) is 5.69 Å². The summed E-state index contributed by atoms with van der Waals surface area (Å²) in [4.78, 5) is 22.7. The summed E-state index contributed by atoms with van der Waals surface area (Å²) in [5.74, 6) is -1.01. The van der Waals surface area contributed by atoms with Gasteiger partial charge in [0, 0.05) is 12.0 Å². The van der Waals surface area contributed by atoms with Crippen LogP contribution < -0.4 is 5.32 Å². The van der Waals surface area contributed by atoms with Crippen LogP contribution in [0, 0.1) is 0 Å². The zero-order valence-electron chi connectivity index (χ0n) is 9.80. The van der Waals surface area contributed by atoms with Crippen LogP contribution in [0.1, 0.15) is 47.8 Å². The Bertz CT molecular complexity index is 502. The van der Waals surface area contributed by atoms with Crippen LogP contribution in [0.4, 0.5) is 0 Å². The van der Waals surface area contributed by atoms with Gasteiger partial charge >= 0.3 is 5.97 Å². The molecule has 96 valence electrons. The van der Waals surface area contributed by atoms with Crippen molar-refractivity contribution in [3.05, 3.63) is 11.4 Å². The second-order valence-electron chi connectivity index (χ2n) is 4.90. The normalized spacial score (nSPS) is 18.7. The van der Waals surface area contributed by atoms with Crippen molar-refractivity contribution >= 4 is 11.9 Å². The molecule has 2 aliphatic carbocycles. The molecule has 0 aliphatic heterocycles. The summed E-state index contributed by atoms with van der Waals surface area (Å²) >= 11 is 0. The molecule has 0 unspecified atom stereocenters. The molecule has 0 aromatic carbocycles. The van der Waals surface area contributed by atoms with Gasteiger partial charge in [-0.1, -0.05) is 5.21 Å². The van der Waals surface area contributed by atoms with E-state index in [0.717, 1.165) is 25.7 Å². The lowest BCUT2D eigenvalue weighted by Crippen LogP contribution is -2.30. The van der Waals surface area contributed by atoms with E-state index in [2.05, 4.69) is 15.6 Å². The van der Waals surface area contributed by atoms with E-state index in [9.17, 15) is 9.59 Å². The van der Waals surface area contributed by atoms with Crippen LogP contribution in [0.3, 0.4) is 0 Å². The van der Waals surface area contributed by atoms with Gasteiger partial charge in [0.15, 0.2) is 5.69 Å². The van der Waals surface area contributed by atoms with Crippen molar-refractivity contribution in [2.75, 3.05) is 0 Å². The lowest BCUT2D eigenvalue weighted by atomic mass is 10.2. The summed E-state index contributed by atoms with van der Waals surface area (Å²) in [6.45, 7) is 0.0581. The first-order valence-corrected chi connectivity index (χ1v) is 6.11. The van der Waals surface area contributed by atoms with Gasteiger partial charge in [-0.05, 0) is 25.7 Å². The largest absolute Gasteiger partial charge is 0.476 e. The molecule has 2 N–H and O–H groups in total. The first kappa shape index (κ1) is 11.2. The third-order valence-electron chi connectivity index (χ3n) is 3.18. The van der Waals surface area contributed by atoms with Crippen molar-refractivity contribution < 1.29 is 14.7 Å². The Morgan fingerprint density at radius 1 is 1.33 bits per heavy atom. The number of nitrogens with zero attached hydrogens (tertiary/aromatic N) is 3. The molecule has 1 amide bonds. The van der Waals surface area contributed by atoms with Crippen molar-refractivity contribution in [2.24, 2.45) is 0 Å². The third-order valence-corrected chi connectivity index (χ3v) is 3.18. The molecular formula is C11H14N4O3. The Kier molecular flexibility index (Phi) is 2.53. The topological polar surface area (TPSA) is 97.1 Å². The predicted molar refractivity (Wildman–Crippen MR) is 60.1 cm³/mol. The second kappa shape index (κ2) is 4.08. The molecule has 18 heavy (non-hydrogen) atoms. The van der Waals surface area contributed by atoms with Gasteiger partial charge < -0.3 is 10.4 Å². The maximum absolute atomic E-state index is 11.7. The average Bonchev–Trinajstić information content (AvgIpc) is 3.20. The Labute approximate surface area is 103 Å². The Morgan fingerprint density at radius 3 is 2.61 bits per heavy atom. The smallest absolute Gasteiger partial charge is 0.358 e. The number of carboxylic acid groups (broad SMARTS) is 1. The molecular weight excluding hydrogens is 236 g/mol. The molecule has 3 rings (SSSR count). The number of carbonyl (C=O) groups is 2. The molecule has 0 atom stereocenters. The second-order valence-corrected chi connectivity index (χ2v) is 4.90. The van der Waals surface area contributed by atoms with Gasteiger partial charge in [-0.15, -0.1) is 5.10 Å². The molecule has 7 nitrogen and oxygen atoms in total. The summed E-state index contributed by atoms with van der Waals surface area (Å²) in [5.41, 5.74) is 0.574. The number of hydrogen-bond acceptors (Lipinski definition) is 4. The van der Waals surface area contributed by atoms with Crippen molar-refractivity contribution in [1.82, 2.24) is 20.3 Å². The first-order chi connectivity index (χ1) is 8.65. The molecule has 2 aliphatic rings. The molecule has 1 heterocycles. The summed E-state index contributed by atoms with van der Waals surface area (Å²) in [5, 5.41) is 19.3. The Morgan fingerprint density at radius 2 is 2.06 bits per heavy atom. The number of amides is 1. The van der Waals surface area contributed by atoms with Gasteiger partial charge in [0.25, 0.3) is 0 Å². The van der Waals surface area contributed by atoms with Crippen LogP contribution in [-0.4, -0.2) is 38.0 Å². The van der Waals surface area contributed by atoms with Crippen LogP contribution in [0.2, 0.25) is 0 Å². The van der Waals surface area contributed by atoms with Crippen LogP contribution in [0.15, 0.2) is 0 Å². The van der Waals surface area contributed by atoms with E-state index in [1.807, 2.05) is 0 Å². The SMILES string of the molecule is O=C(Cn1nnc(C(=O)O)c1C1CC1)NC1CC1. The monoisotopic (exact) mass is 250 g/mol. The number of carbonyl (C=O) groups excluding carboxylic acids is 1. The third kappa shape index (κ3) is 2.20. The summed E-state index contributed by atoms with van der Waals surface area (Å²) in [6.07, 6.45) is 3.94. The van der Waals surface area contributed by atoms with E-state index in [1.165, 1.54) is 4.68 Å². The lowest BCUT2D eigenvalue weighted by Gasteiger charge is -2.06. The fourth-order valence-electron chi connectivity index (χ4n) is 1.99. The molecule has 2 saturated carbocycles. The maximum Gasteiger partial charge on any atom is 0.358 e. The van der Waals surface area contributed by atoms with E-state index in [-0.39, 0.29) is 24.1 Å². The summed E-state index contributed by atoms with van der Waals surface area (Å²) in [7, 11) is 0. The van der Waals surface area contributed by atoms with Gasteiger partial charge in [-0.3, -0.25) is 4.79 Å². The van der Waals surface area contributed by atoms with E-state index in [4.69, 9.17) is 5.11 Å². The molecule has 1 aromatic heterocycles. The Balaban J connectivity index is 1.77. The zero-order chi connectivity index (χ0) is 12.7. The lowest BCUT2D eigenvalue weighted by molar-refractivity contribution is -0.122. The quantitative estimate of drug-likeness (QED) is 0.774. The van der Waals surface area contributed by atoms with Crippen LogP contribution >= 0.6 is 0 Å². The van der Waals surface area contributed by atoms with Gasteiger partial charge in [0.2, 0.25) is 5.91 Å². The van der Waals surface area contributed by atoms with Crippen LogP contribution in [-0.2, 0) is 11.3 Å². The molecule has 0 saturated heterocycles. The molecule has 0 spiro atoms. The van der Waals surface area contributed by atoms with Gasteiger partial charge in [-0.25, -0.2) is 9.48 Å². The van der Waals surface area contributed by atoms with Gasteiger partial charge in [-0.2, -0.15) is 0 Å². The zero-order valence-corrected chi connectivity index (χ0v) is 9.80. The number of nitrogens with one attached hydrogen (secondary N) is 1. The van der Waals surface area contributed by atoms with Crippen LogP contribution in [0.5, 0.6) is 0 Å². The minimum absolute atomic E-state index is 0.0169. The Hall–Kier alpha value is -1.92. The molecule has 7 heteroatoms. The number of aromatic nitrogens is 3. The van der Waals surface area contributed by atoms with E-state index < -0.39 is 5.97 Å². The van der Waals surface area contributed by atoms with Crippen molar-refractivity contribution in [3.63, 3.8) is 0 Å². The molecule has 0 bridgehead atoms. The standard InChI is InChI=1S/C11H14N4O3/c16-8(12-7-3-4-7)5-15-10(6-1-2-6)9(11(17)18)13-14-15/h6-7H,1-5H2,(H,12,16)(H,17,18). The highest BCUT2D eigenvalue weighted by molar-refractivity contribution is 5.87. The number of rotatable bonds is 5. The fourth-order valence-corrected chi connectivity index (χ4v) is 1.99. The summed E-state index contributed by atoms with van der Waals surface area (Å²) < 4.78 is 1.43. The van der Waals surface area contributed by atoms with Crippen molar-refractivity contribution in [2.45, 2.75) is 44.2 Å². The van der Waals surface area contributed by atoms with E-state index in [1.54, 1.807) is 0 Å². The highest BCUT2D eigenvalue weighted by Gasteiger charge is 2.34. The number of aromatic carboxylic acids is 1. The predicted octanol–water partition coefficient (Wildman–Crippen LogP) is 0.132. The van der Waals surface area contributed by atoms with Gasteiger partial charge in [0.1, 0.15) is 6.54 Å². The minimum atomic E-state index is -1.08. The van der Waals surface area contributed by atoms with Crippen molar-refractivity contribution in [1.29, 1.82) is 0 Å². The average molecular weight is 250 g/mol. The molecule has 1 aromatic rings. The number of hydrogen-bond donors (Lipinski definition) is 2. The first-order valence-electron chi connectivity index (χ1n) is 6.11. The fraction of sp³-hybridized carbons (Fsp3) is 0.636. The van der Waals surface area contributed by atoms with E-state index >= 15 is 0 Å². The van der Waals surface area contributed by atoms with Crippen molar-refractivity contribution in [3.8, 4) is 0 Å². The van der Waals surface area contributed by atoms with E-state index in [0.29, 0.717) is 11.7 Å².